The van der Waals surface area contributed by atoms with E-state index in [1.54, 1.807) is 22.6 Å². The zero-order valence-corrected chi connectivity index (χ0v) is 16.3. The first kappa shape index (κ1) is 18.8. The van der Waals surface area contributed by atoms with Crippen molar-refractivity contribution in [3.63, 3.8) is 0 Å². The summed E-state index contributed by atoms with van der Waals surface area (Å²) >= 11 is 1.76. The average Bonchev–Trinajstić information content (AvgIpc) is 2.88. The molecule has 0 saturated carbocycles. The maximum atomic E-state index is 12.6. The van der Waals surface area contributed by atoms with Crippen LogP contribution < -0.4 is 5.32 Å². The Morgan fingerprint density at radius 1 is 1.26 bits per heavy atom. The van der Waals surface area contributed by atoms with Gasteiger partial charge in [0.2, 0.25) is 0 Å². The predicted octanol–water partition coefficient (Wildman–Crippen LogP) is 3.31. The zero-order chi connectivity index (χ0) is 19.7. The first-order valence-electron chi connectivity index (χ1n) is 7.83. The monoisotopic (exact) mass is 479 g/mol. The number of carbonyl (C=O) groups excluding carboxylic acids is 2. The van der Waals surface area contributed by atoms with E-state index in [0.717, 1.165) is 22.1 Å². The van der Waals surface area contributed by atoms with E-state index in [4.69, 9.17) is 0 Å². The summed E-state index contributed by atoms with van der Waals surface area (Å²) in [6.07, 6.45) is 1.24. The summed E-state index contributed by atoms with van der Waals surface area (Å²) in [6, 6.07) is 9.19. The lowest BCUT2D eigenvalue weighted by molar-refractivity contribution is -0.385. The molecule has 0 spiro atoms. The molecule has 3 rings (SSSR count). The molecule has 27 heavy (non-hydrogen) atoms. The van der Waals surface area contributed by atoms with Gasteiger partial charge in [-0.2, -0.15) is 0 Å². The highest BCUT2D eigenvalue weighted by Crippen LogP contribution is 2.31. The van der Waals surface area contributed by atoms with Crippen LogP contribution >= 0.6 is 22.6 Å². The highest BCUT2D eigenvalue weighted by Gasteiger charge is 2.33. The summed E-state index contributed by atoms with van der Waals surface area (Å²) in [4.78, 5) is 36.2. The number of amides is 3. The second-order valence-electron chi connectivity index (χ2n) is 5.99. The number of halogens is 1. The van der Waals surface area contributed by atoms with Gasteiger partial charge in [0.25, 0.3) is 11.6 Å². The average molecular weight is 479 g/mol. The molecule has 0 atom stereocenters. The largest absolute Gasteiger partial charge is 0.506 e. The highest BCUT2D eigenvalue weighted by molar-refractivity contribution is 14.1. The van der Waals surface area contributed by atoms with Gasteiger partial charge in [0, 0.05) is 17.7 Å². The number of imide groups is 1. The number of urea groups is 1. The van der Waals surface area contributed by atoms with Gasteiger partial charge in [-0.1, -0.05) is 29.8 Å². The summed E-state index contributed by atoms with van der Waals surface area (Å²) in [6.45, 7) is 2.03. The molecule has 0 bridgehead atoms. The molecular weight excluding hydrogens is 465 g/mol. The number of benzene rings is 2. The Balaban J connectivity index is 1.90. The van der Waals surface area contributed by atoms with Crippen LogP contribution in [-0.4, -0.2) is 26.9 Å². The molecule has 0 unspecified atom stereocenters. The Kier molecular flexibility index (Phi) is 5.13. The molecule has 8 nitrogen and oxygen atoms in total. The molecule has 0 aliphatic carbocycles. The maximum absolute atomic E-state index is 12.6. The molecule has 138 valence electrons. The van der Waals surface area contributed by atoms with E-state index in [1.165, 1.54) is 12.1 Å². The third-order valence-corrected chi connectivity index (χ3v) is 4.83. The number of rotatable bonds is 4. The van der Waals surface area contributed by atoms with Crippen molar-refractivity contribution in [3.8, 4) is 5.75 Å². The van der Waals surface area contributed by atoms with Crippen molar-refractivity contribution < 1.29 is 19.6 Å². The zero-order valence-electron chi connectivity index (χ0n) is 14.1. The quantitative estimate of drug-likeness (QED) is 0.230. The lowest BCUT2D eigenvalue weighted by atomic mass is 10.1. The number of nitrogens with zero attached hydrogens (tertiary/aromatic N) is 2. The normalized spacial score (nSPS) is 15.3. The number of phenolic OH excluding ortho intramolecular Hbond substituents is 1. The molecule has 2 N–H and O–H groups in total. The van der Waals surface area contributed by atoms with Crippen molar-refractivity contribution in [1.82, 2.24) is 10.2 Å². The van der Waals surface area contributed by atoms with Crippen LogP contribution in [0.4, 0.5) is 10.5 Å². The van der Waals surface area contributed by atoms with Gasteiger partial charge in [0.05, 0.1) is 15.0 Å². The topological polar surface area (TPSA) is 113 Å². The van der Waals surface area contributed by atoms with Gasteiger partial charge in [0.1, 0.15) is 11.4 Å². The fraction of sp³-hybridized carbons (Fsp3) is 0.111. The maximum Gasteiger partial charge on any atom is 0.329 e. The molecule has 1 heterocycles. The van der Waals surface area contributed by atoms with Crippen molar-refractivity contribution in [1.29, 1.82) is 0 Å². The molecule has 9 heteroatoms. The van der Waals surface area contributed by atoms with Crippen LogP contribution in [0, 0.1) is 20.6 Å². The van der Waals surface area contributed by atoms with Crippen LogP contribution in [0.3, 0.4) is 0 Å². The predicted molar refractivity (Wildman–Crippen MR) is 106 cm³/mol. The third-order valence-electron chi connectivity index (χ3n) is 4.01. The molecule has 2 aromatic rings. The first-order chi connectivity index (χ1) is 12.8. The fourth-order valence-corrected chi connectivity index (χ4v) is 3.20. The second-order valence-corrected chi connectivity index (χ2v) is 7.15. The Labute approximate surface area is 167 Å². The standard InChI is InChI=1S/C18H14IN3O5/c1-10-2-4-11(5-3-10)9-21-17(24)15(20-18(21)25)7-12-6-13(22(26)27)8-14(19)16(12)23/h2-8,23H,9H2,1H3,(H,20,25)/b15-7+. The van der Waals surface area contributed by atoms with Crippen LogP contribution in [-0.2, 0) is 11.3 Å². The summed E-state index contributed by atoms with van der Waals surface area (Å²) in [5, 5.41) is 23.6. The minimum atomic E-state index is -0.595. The minimum absolute atomic E-state index is 0.0568. The number of aromatic hydroxyl groups is 1. The number of nitro groups is 1. The Morgan fingerprint density at radius 3 is 2.56 bits per heavy atom. The Bertz CT molecular complexity index is 985. The van der Waals surface area contributed by atoms with Crippen LogP contribution in [0.15, 0.2) is 42.1 Å². The van der Waals surface area contributed by atoms with E-state index >= 15 is 0 Å². The molecule has 1 fully saturated rings. The van der Waals surface area contributed by atoms with Crippen LogP contribution in [0.2, 0.25) is 0 Å². The third kappa shape index (κ3) is 3.92. The van der Waals surface area contributed by atoms with Crippen LogP contribution in [0.25, 0.3) is 6.08 Å². The van der Waals surface area contributed by atoms with E-state index in [-0.39, 0.29) is 32.8 Å². The smallest absolute Gasteiger partial charge is 0.329 e. The number of hydrogen-bond acceptors (Lipinski definition) is 5. The molecule has 1 aliphatic rings. The van der Waals surface area contributed by atoms with Gasteiger partial charge in [-0.25, -0.2) is 4.79 Å². The number of aryl methyl sites for hydroxylation is 1. The lowest BCUT2D eigenvalue weighted by Crippen LogP contribution is -2.30. The first-order valence-corrected chi connectivity index (χ1v) is 8.91. The number of phenols is 1. The number of non-ortho nitro benzene ring substituents is 1. The molecule has 1 aliphatic heterocycles. The fourth-order valence-electron chi connectivity index (χ4n) is 2.57. The van der Waals surface area contributed by atoms with E-state index in [2.05, 4.69) is 5.32 Å². The second kappa shape index (κ2) is 7.35. The van der Waals surface area contributed by atoms with Crippen LogP contribution in [0.1, 0.15) is 16.7 Å². The summed E-state index contributed by atoms with van der Waals surface area (Å²) < 4.78 is 0.266. The van der Waals surface area contributed by atoms with E-state index < -0.39 is 16.9 Å². The van der Waals surface area contributed by atoms with E-state index in [9.17, 15) is 24.8 Å². The Hall–Kier alpha value is -2.95. The van der Waals surface area contributed by atoms with Crippen molar-refractivity contribution in [3.05, 3.63) is 72.5 Å². The molecule has 0 radical (unpaired) electrons. The number of hydrogen-bond donors (Lipinski definition) is 2. The van der Waals surface area contributed by atoms with Gasteiger partial charge < -0.3 is 10.4 Å². The molecule has 1 saturated heterocycles. The molecule has 0 aromatic heterocycles. The van der Waals surface area contributed by atoms with Gasteiger partial charge in [0.15, 0.2) is 0 Å². The minimum Gasteiger partial charge on any atom is -0.506 e. The highest BCUT2D eigenvalue weighted by atomic mass is 127. The summed E-state index contributed by atoms with van der Waals surface area (Å²) in [5.74, 6) is -0.769. The number of carbonyl (C=O) groups is 2. The molecule has 3 amide bonds. The summed E-state index contributed by atoms with van der Waals surface area (Å²) in [7, 11) is 0. The van der Waals surface area contributed by atoms with Crippen LogP contribution in [0.5, 0.6) is 5.75 Å². The molecule has 2 aromatic carbocycles. The van der Waals surface area contributed by atoms with E-state index in [1.807, 2.05) is 31.2 Å². The van der Waals surface area contributed by atoms with Crippen molar-refractivity contribution >= 4 is 46.3 Å². The van der Waals surface area contributed by atoms with Crippen molar-refractivity contribution in [2.45, 2.75) is 13.5 Å². The molecular formula is C18H14IN3O5. The van der Waals surface area contributed by atoms with Gasteiger partial charge in [-0.15, -0.1) is 0 Å². The van der Waals surface area contributed by atoms with Gasteiger partial charge >= 0.3 is 6.03 Å². The van der Waals surface area contributed by atoms with Gasteiger partial charge in [-0.05, 0) is 41.2 Å². The Morgan fingerprint density at radius 2 is 1.93 bits per heavy atom. The SMILES string of the molecule is Cc1ccc(CN2C(=O)N/C(=C/c3cc([N+](=O)[O-])cc(I)c3O)C2=O)cc1. The summed E-state index contributed by atoms with van der Waals surface area (Å²) in [5.41, 5.74) is 1.65. The lowest BCUT2D eigenvalue weighted by Gasteiger charge is -2.11. The van der Waals surface area contributed by atoms with Gasteiger partial charge in [-0.3, -0.25) is 19.8 Å². The van der Waals surface area contributed by atoms with Crippen molar-refractivity contribution in [2.75, 3.05) is 0 Å². The number of nitrogens with one attached hydrogen (secondary N) is 1. The number of nitro benzene ring substituents is 1. The van der Waals surface area contributed by atoms with Crippen molar-refractivity contribution in [2.24, 2.45) is 0 Å². The van der Waals surface area contributed by atoms with E-state index in [0.29, 0.717) is 0 Å².